The molecule has 0 spiro atoms. The Morgan fingerprint density at radius 1 is 1.06 bits per heavy atom. The van der Waals surface area contributed by atoms with Crippen LogP contribution in [0.5, 0.6) is 5.75 Å². The highest BCUT2D eigenvalue weighted by atomic mass is 16.5. The minimum Gasteiger partial charge on any atom is -0.493 e. The van der Waals surface area contributed by atoms with Crippen molar-refractivity contribution in [1.82, 2.24) is 0 Å². The zero-order chi connectivity index (χ0) is 14.0. The number of rotatable bonds is 6. The minimum atomic E-state index is -0.0978. The van der Waals surface area contributed by atoms with Crippen LogP contribution in [0.2, 0.25) is 0 Å². The van der Waals surface area contributed by atoms with Gasteiger partial charge in [-0.3, -0.25) is 0 Å². The molecule has 104 valence electrons. The molecular weight excluding hydrogens is 224 g/mol. The second-order valence-corrected chi connectivity index (χ2v) is 4.60. The van der Waals surface area contributed by atoms with Gasteiger partial charge in [-0.05, 0) is 39.8 Å². The minimum absolute atomic E-state index is 0.0978. The quantitative estimate of drug-likeness (QED) is 0.736. The summed E-state index contributed by atoms with van der Waals surface area (Å²) in [5.74, 6) is 0.929. The molecule has 0 aliphatic heterocycles. The maximum Gasteiger partial charge on any atom is 0.119 e. The van der Waals surface area contributed by atoms with Gasteiger partial charge in [0.1, 0.15) is 5.75 Å². The largest absolute Gasteiger partial charge is 0.493 e. The lowest BCUT2D eigenvalue weighted by atomic mass is 10.1. The smallest absolute Gasteiger partial charge is 0.119 e. The third-order valence-electron chi connectivity index (χ3n) is 2.53. The molecule has 2 heteroatoms. The van der Waals surface area contributed by atoms with Gasteiger partial charge in [-0.1, -0.05) is 31.5 Å². The van der Waals surface area contributed by atoms with Crippen molar-refractivity contribution in [2.45, 2.75) is 53.6 Å². The molecule has 0 heterocycles. The molecule has 0 saturated heterocycles. The second kappa shape index (κ2) is 8.98. The van der Waals surface area contributed by atoms with Crippen LogP contribution < -0.4 is 4.74 Å². The van der Waals surface area contributed by atoms with Gasteiger partial charge in [-0.2, -0.15) is 0 Å². The second-order valence-electron chi connectivity index (χ2n) is 4.60. The van der Waals surface area contributed by atoms with Gasteiger partial charge in [-0.25, -0.2) is 0 Å². The first-order valence-corrected chi connectivity index (χ1v) is 6.87. The summed E-state index contributed by atoms with van der Waals surface area (Å²) in [7, 11) is 0. The fraction of sp³-hybridized carbons (Fsp3) is 0.625. The number of aryl methyl sites for hydroxylation is 1. The number of hydrogen-bond donors (Lipinski definition) is 0. The summed E-state index contributed by atoms with van der Waals surface area (Å²) in [6, 6.07) is 8.12. The average Bonchev–Trinajstić information content (AvgIpc) is 2.34. The monoisotopic (exact) mass is 252 g/mol. The van der Waals surface area contributed by atoms with E-state index in [1.54, 1.807) is 0 Å². The van der Waals surface area contributed by atoms with Gasteiger partial charge in [0, 0.05) is 13.0 Å². The standard InChI is InChI=1S/C14H22O2.C2H6/c1-5-16-14(3,4)10-11-15-13-8-6-12(2)7-9-13;1-2/h6-9H,5,10-11H2,1-4H3;1-2H3. The molecule has 0 fully saturated rings. The van der Waals surface area contributed by atoms with Gasteiger partial charge in [-0.15, -0.1) is 0 Å². The highest BCUT2D eigenvalue weighted by Gasteiger charge is 2.17. The fourth-order valence-corrected chi connectivity index (χ4v) is 1.51. The number of benzene rings is 1. The lowest BCUT2D eigenvalue weighted by molar-refractivity contribution is -0.0238. The summed E-state index contributed by atoms with van der Waals surface area (Å²) >= 11 is 0. The molecule has 0 saturated carbocycles. The zero-order valence-electron chi connectivity index (χ0n) is 12.7. The van der Waals surface area contributed by atoms with Crippen LogP contribution in [0.4, 0.5) is 0 Å². The molecule has 0 aliphatic carbocycles. The molecular formula is C16H28O2. The molecule has 1 aromatic carbocycles. The van der Waals surface area contributed by atoms with E-state index in [9.17, 15) is 0 Å². The zero-order valence-corrected chi connectivity index (χ0v) is 12.7. The summed E-state index contributed by atoms with van der Waals surface area (Å²) in [5, 5.41) is 0. The lowest BCUT2D eigenvalue weighted by Crippen LogP contribution is -2.26. The van der Waals surface area contributed by atoms with E-state index < -0.39 is 0 Å². The molecule has 0 unspecified atom stereocenters. The molecule has 0 radical (unpaired) electrons. The van der Waals surface area contributed by atoms with Gasteiger partial charge >= 0.3 is 0 Å². The predicted octanol–water partition coefficient (Wildman–Crippen LogP) is 4.61. The normalized spacial score (nSPS) is 10.6. The van der Waals surface area contributed by atoms with Crippen LogP contribution in [0.3, 0.4) is 0 Å². The Hall–Kier alpha value is -1.02. The summed E-state index contributed by atoms with van der Waals surface area (Å²) in [4.78, 5) is 0. The van der Waals surface area contributed by atoms with E-state index in [1.807, 2.05) is 32.9 Å². The summed E-state index contributed by atoms with van der Waals surface area (Å²) < 4.78 is 11.3. The van der Waals surface area contributed by atoms with E-state index in [1.165, 1.54) is 5.56 Å². The van der Waals surface area contributed by atoms with Crippen molar-refractivity contribution in [2.75, 3.05) is 13.2 Å². The van der Waals surface area contributed by atoms with Gasteiger partial charge < -0.3 is 9.47 Å². The Kier molecular flexibility index (Phi) is 8.47. The molecule has 0 N–H and O–H groups in total. The molecule has 0 aromatic heterocycles. The summed E-state index contributed by atoms with van der Waals surface area (Å²) in [5.41, 5.74) is 1.15. The first kappa shape index (κ1) is 17.0. The number of hydrogen-bond acceptors (Lipinski definition) is 2. The van der Waals surface area contributed by atoms with Crippen LogP contribution in [0.1, 0.15) is 46.6 Å². The highest BCUT2D eigenvalue weighted by molar-refractivity contribution is 5.26. The SMILES string of the molecule is CC.CCOC(C)(C)CCOc1ccc(C)cc1. The van der Waals surface area contributed by atoms with Crippen molar-refractivity contribution in [3.63, 3.8) is 0 Å². The molecule has 18 heavy (non-hydrogen) atoms. The molecule has 0 aliphatic rings. The number of ether oxygens (including phenoxy) is 2. The van der Waals surface area contributed by atoms with E-state index in [0.29, 0.717) is 6.61 Å². The van der Waals surface area contributed by atoms with E-state index in [0.717, 1.165) is 18.8 Å². The highest BCUT2D eigenvalue weighted by Crippen LogP contribution is 2.16. The molecule has 0 bridgehead atoms. The fourth-order valence-electron chi connectivity index (χ4n) is 1.51. The van der Waals surface area contributed by atoms with E-state index in [-0.39, 0.29) is 5.60 Å². The first-order valence-electron chi connectivity index (χ1n) is 6.87. The van der Waals surface area contributed by atoms with Crippen molar-refractivity contribution in [2.24, 2.45) is 0 Å². The topological polar surface area (TPSA) is 18.5 Å². The van der Waals surface area contributed by atoms with Crippen LogP contribution in [-0.2, 0) is 4.74 Å². The van der Waals surface area contributed by atoms with E-state index >= 15 is 0 Å². The lowest BCUT2D eigenvalue weighted by Gasteiger charge is -2.24. The predicted molar refractivity (Wildman–Crippen MR) is 78.3 cm³/mol. The molecule has 1 rings (SSSR count). The Balaban J connectivity index is 0.00000137. The van der Waals surface area contributed by atoms with Crippen molar-refractivity contribution >= 4 is 0 Å². The summed E-state index contributed by atoms with van der Waals surface area (Å²) in [6.07, 6.45) is 0.898. The maximum atomic E-state index is 5.66. The van der Waals surface area contributed by atoms with Gasteiger partial charge in [0.2, 0.25) is 0 Å². The van der Waals surface area contributed by atoms with Crippen LogP contribution in [0.15, 0.2) is 24.3 Å². The molecule has 1 aromatic rings. The Morgan fingerprint density at radius 2 is 1.61 bits per heavy atom. The van der Waals surface area contributed by atoms with Crippen molar-refractivity contribution in [1.29, 1.82) is 0 Å². The van der Waals surface area contributed by atoms with E-state index in [2.05, 4.69) is 32.9 Å². The first-order chi connectivity index (χ1) is 8.53. The third kappa shape index (κ3) is 7.33. The van der Waals surface area contributed by atoms with Crippen molar-refractivity contribution in [3.05, 3.63) is 29.8 Å². The van der Waals surface area contributed by atoms with Crippen LogP contribution >= 0.6 is 0 Å². The van der Waals surface area contributed by atoms with Crippen molar-refractivity contribution in [3.8, 4) is 5.75 Å². The average molecular weight is 252 g/mol. The van der Waals surface area contributed by atoms with E-state index in [4.69, 9.17) is 9.47 Å². The molecule has 0 atom stereocenters. The Labute approximate surface area is 112 Å². The van der Waals surface area contributed by atoms with Gasteiger partial charge in [0.25, 0.3) is 0 Å². The summed E-state index contributed by atoms with van der Waals surface area (Å²) in [6.45, 7) is 13.7. The molecule has 2 nitrogen and oxygen atoms in total. The van der Waals surface area contributed by atoms with Crippen LogP contribution in [0, 0.1) is 6.92 Å². The van der Waals surface area contributed by atoms with Crippen molar-refractivity contribution < 1.29 is 9.47 Å². The molecule has 0 amide bonds. The Bertz CT molecular complexity index is 301. The maximum absolute atomic E-state index is 5.66. The Morgan fingerprint density at radius 3 is 2.11 bits per heavy atom. The van der Waals surface area contributed by atoms with Gasteiger partial charge in [0.05, 0.1) is 12.2 Å². The third-order valence-corrected chi connectivity index (χ3v) is 2.53. The van der Waals surface area contributed by atoms with Crippen LogP contribution in [-0.4, -0.2) is 18.8 Å². The van der Waals surface area contributed by atoms with Gasteiger partial charge in [0.15, 0.2) is 0 Å². The van der Waals surface area contributed by atoms with Crippen LogP contribution in [0.25, 0.3) is 0 Å².